The number of hydrogen-bond donors (Lipinski definition) is 2. The van der Waals surface area contributed by atoms with E-state index < -0.39 is 0 Å². The Morgan fingerprint density at radius 2 is 2.42 bits per heavy atom. The van der Waals surface area contributed by atoms with E-state index in [2.05, 4.69) is 10.1 Å². The topological polar surface area (TPSA) is 95.3 Å². The van der Waals surface area contributed by atoms with Crippen LogP contribution in [0.3, 0.4) is 0 Å². The summed E-state index contributed by atoms with van der Waals surface area (Å²) in [6.07, 6.45) is 1.35. The van der Waals surface area contributed by atoms with Gasteiger partial charge in [-0.15, -0.1) is 0 Å². The van der Waals surface area contributed by atoms with Gasteiger partial charge in [0.25, 0.3) is 0 Å². The number of nitrogens with two attached hydrogens (primary N) is 1. The van der Waals surface area contributed by atoms with E-state index in [4.69, 9.17) is 16.2 Å². The zero-order valence-electron chi connectivity index (χ0n) is 6.10. The molecular formula is C7H6N4O. The van der Waals surface area contributed by atoms with Crippen molar-refractivity contribution in [1.29, 1.82) is 5.26 Å². The zero-order chi connectivity index (χ0) is 8.97. The molecule has 5 nitrogen and oxygen atoms in total. The summed E-state index contributed by atoms with van der Waals surface area (Å²) in [6.45, 7) is 0. The highest BCUT2D eigenvalue weighted by Gasteiger charge is 1.99. The van der Waals surface area contributed by atoms with Crippen LogP contribution in [0.1, 0.15) is 11.3 Å². The van der Waals surface area contributed by atoms with Crippen molar-refractivity contribution in [2.75, 3.05) is 0 Å². The average molecular weight is 162 g/mol. The van der Waals surface area contributed by atoms with Crippen LogP contribution in [0.2, 0.25) is 0 Å². The predicted molar refractivity (Wildman–Crippen MR) is 41.5 cm³/mol. The van der Waals surface area contributed by atoms with Gasteiger partial charge in [0.15, 0.2) is 5.84 Å². The molecule has 0 aromatic carbocycles. The fraction of sp³-hybridized carbons (Fsp3) is 0. The van der Waals surface area contributed by atoms with Crippen molar-refractivity contribution in [3.63, 3.8) is 0 Å². The van der Waals surface area contributed by atoms with E-state index >= 15 is 0 Å². The van der Waals surface area contributed by atoms with Crippen LogP contribution in [-0.4, -0.2) is 16.0 Å². The molecule has 0 aliphatic rings. The number of hydrogen-bond acceptors (Lipinski definition) is 4. The van der Waals surface area contributed by atoms with Gasteiger partial charge in [-0.25, -0.2) is 0 Å². The number of amidine groups is 1. The highest BCUT2D eigenvalue weighted by molar-refractivity contribution is 5.95. The van der Waals surface area contributed by atoms with Gasteiger partial charge in [0, 0.05) is 6.20 Å². The summed E-state index contributed by atoms with van der Waals surface area (Å²) in [6, 6.07) is 4.96. The van der Waals surface area contributed by atoms with Crippen molar-refractivity contribution in [1.82, 2.24) is 4.98 Å². The maximum Gasteiger partial charge on any atom is 0.188 e. The zero-order valence-corrected chi connectivity index (χ0v) is 6.10. The summed E-state index contributed by atoms with van der Waals surface area (Å²) < 4.78 is 0. The largest absolute Gasteiger partial charge is 0.409 e. The molecule has 5 heteroatoms. The highest BCUT2D eigenvalue weighted by Crippen LogP contribution is 1.97. The van der Waals surface area contributed by atoms with Crippen LogP contribution in [0.25, 0.3) is 0 Å². The lowest BCUT2D eigenvalue weighted by Crippen LogP contribution is -2.14. The Hall–Kier alpha value is -2.09. The lowest BCUT2D eigenvalue weighted by atomic mass is 10.2. The third-order valence-corrected chi connectivity index (χ3v) is 1.26. The number of nitriles is 1. The van der Waals surface area contributed by atoms with Gasteiger partial charge in [-0.3, -0.25) is 4.98 Å². The summed E-state index contributed by atoms with van der Waals surface area (Å²) in [5.41, 5.74) is 6.02. The van der Waals surface area contributed by atoms with E-state index in [-0.39, 0.29) is 5.84 Å². The molecule has 1 heterocycles. The molecule has 0 bridgehead atoms. The van der Waals surface area contributed by atoms with Gasteiger partial charge in [0.2, 0.25) is 0 Å². The monoisotopic (exact) mass is 162 g/mol. The second-order valence-electron chi connectivity index (χ2n) is 2.03. The summed E-state index contributed by atoms with van der Waals surface area (Å²) in [5.74, 6) is -0.0699. The number of aromatic nitrogens is 1. The Balaban J connectivity index is 3.02. The second-order valence-corrected chi connectivity index (χ2v) is 2.03. The average Bonchev–Trinajstić information content (AvgIpc) is 2.17. The standard InChI is InChI=1S/C7H6N4O/c8-3-5-1-2-6(10-4-5)7(9)11-12/h1-2,4,12H,(H2,9,11). The third kappa shape index (κ3) is 1.49. The Morgan fingerprint density at radius 1 is 1.67 bits per heavy atom. The first-order chi connectivity index (χ1) is 5.77. The maximum absolute atomic E-state index is 8.42. The number of nitrogens with zero attached hydrogens (tertiary/aromatic N) is 3. The molecule has 1 aromatic heterocycles. The van der Waals surface area contributed by atoms with Gasteiger partial charge in [0.1, 0.15) is 11.8 Å². The first-order valence-electron chi connectivity index (χ1n) is 3.12. The number of rotatable bonds is 1. The molecule has 3 N–H and O–H groups in total. The van der Waals surface area contributed by atoms with E-state index in [0.29, 0.717) is 11.3 Å². The Bertz CT molecular complexity index is 335. The summed E-state index contributed by atoms with van der Waals surface area (Å²) in [7, 11) is 0. The van der Waals surface area contributed by atoms with Crippen molar-refractivity contribution in [3.05, 3.63) is 29.6 Å². The molecule has 0 saturated heterocycles. The van der Waals surface area contributed by atoms with E-state index in [1.807, 2.05) is 6.07 Å². The molecule has 0 aliphatic heterocycles. The lowest BCUT2D eigenvalue weighted by molar-refractivity contribution is 0.318. The Morgan fingerprint density at radius 3 is 2.83 bits per heavy atom. The molecule has 0 unspecified atom stereocenters. The lowest BCUT2D eigenvalue weighted by Gasteiger charge is -1.95. The van der Waals surface area contributed by atoms with Gasteiger partial charge >= 0.3 is 0 Å². The van der Waals surface area contributed by atoms with Crippen molar-refractivity contribution >= 4 is 5.84 Å². The highest BCUT2D eigenvalue weighted by atomic mass is 16.4. The first kappa shape index (κ1) is 8.01. The van der Waals surface area contributed by atoms with Crippen LogP contribution in [-0.2, 0) is 0 Å². The van der Waals surface area contributed by atoms with Gasteiger partial charge in [-0.05, 0) is 12.1 Å². The van der Waals surface area contributed by atoms with E-state index in [9.17, 15) is 0 Å². The molecule has 0 amide bonds. The van der Waals surface area contributed by atoms with E-state index in [1.54, 1.807) is 6.07 Å². The van der Waals surface area contributed by atoms with Crippen LogP contribution in [0.15, 0.2) is 23.5 Å². The van der Waals surface area contributed by atoms with Crippen LogP contribution in [0.4, 0.5) is 0 Å². The van der Waals surface area contributed by atoms with E-state index in [0.717, 1.165) is 0 Å². The van der Waals surface area contributed by atoms with Crippen LogP contribution < -0.4 is 5.73 Å². The Kier molecular flexibility index (Phi) is 2.23. The molecular weight excluding hydrogens is 156 g/mol. The van der Waals surface area contributed by atoms with Gasteiger partial charge in [-0.1, -0.05) is 5.16 Å². The fourth-order valence-electron chi connectivity index (χ4n) is 0.663. The van der Waals surface area contributed by atoms with Crippen LogP contribution >= 0.6 is 0 Å². The molecule has 12 heavy (non-hydrogen) atoms. The van der Waals surface area contributed by atoms with Crippen LogP contribution in [0.5, 0.6) is 0 Å². The smallest absolute Gasteiger partial charge is 0.188 e. The molecule has 0 saturated carbocycles. The molecule has 0 atom stereocenters. The molecule has 60 valence electrons. The summed E-state index contributed by atoms with van der Waals surface area (Å²) in [5, 5.41) is 19.5. The molecule has 1 rings (SSSR count). The molecule has 0 fully saturated rings. The van der Waals surface area contributed by atoms with Crippen molar-refractivity contribution in [3.8, 4) is 6.07 Å². The molecule has 0 radical (unpaired) electrons. The minimum atomic E-state index is -0.0699. The minimum Gasteiger partial charge on any atom is -0.409 e. The molecule has 1 aromatic rings. The van der Waals surface area contributed by atoms with Crippen molar-refractivity contribution < 1.29 is 5.21 Å². The fourth-order valence-corrected chi connectivity index (χ4v) is 0.663. The van der Waals surface area contributed by atoms with Crippen LogP contribution in [0, 0.1) is 11.3 Å². The van der Waals surface area contributed by atoms with Gasteiger partial charge < -0.3 is 10.9 Å². The normalized spacial score (nSPS) is 10.8. The van der Waals surface area contributed by atoms with Gasteiger partial charge in [0.05, 0.1) is 5.56 Å². The van der Waals surface area contributed by atoms with Crippen molar-refractivity contribution in [2.24, 2.45) is 10.9 Å². The Labute approximate surface area is 68.8 Å². The first-order valence-corrected chi connectivity index (χ1v) is 3.12. The van der Waals surface area contributed by atoms with Crippen molar-refractivity contribution in [2.45, 2.75) is 0 Å². The number of oxime groups is 1. The predicted octanol–water partition coefficient (Wildman–Crippen LogP) is 0.0478. The minimum absolute atomic E-state index is 0.0699. The van der Waals surface area contributed by atoms with Gasteiger partial charge in [-0.2, -0.15) is 5.26 Å². The molecule has 0 spiro atoms. The molecule has 0 aliphatic carbocycles. The van der Waals surface area contributed by atoms with E-state index in [1.165, 1.54) is 12.3 Å². The quantitative estimate of drug-likeness (QED) is 0.264. The third-order valence-electron chi connectivity index (χ3n) is 1.26. The SMILES string of the molecule is N#Cc1ccc(C(N)=NO)nc1. The summed E-state index contributed by atoms with van der Waals surface area (Å²) in [4.78, 5) is 3.78. The maximum atomic E-state index is 8.42. The second kappa shape index (κ2) is 3.34. The number of pyridine rings is 1. The summed E-state index contributed by atoms with van der Waals surface area (Å²) >= 11 is 0.